The summed E-state index contributed by atoms with van der Waals surface area (Å²) in [4.78, 5) is 41.3. The number of amides is 2. The van der Waals surface area contributed by atoms with Gasteiger partial charge in [0.1, 0.15) is 6.04 Å². The zero-order valence-corrected chi connectivity index (χ0v) is 15.8. The summed E-state index contributed by atoms with van der Waals surface area (Å²) >= 11 is 0. The third kappa shape index (κ3) is 3.51. The van der Waals surface area contributed by atoms with E-state index in [4.69, 9.17) is 4.74 Å². The first-order valence-electron chi connectivity index (χ1n) is 10.1. The Morgan fingerprint density at radius 1 is 1.07 bits per heavy atom. The van der Waals surface area contributed by atoms with Gasteiger partial charge in [0.05, 0.1) is 13.2 Å². The SMILES string of the molecule is O=C(O)C1CN(C(=O)C2CC3CCCCC3N2C(=O)c2ccccc2)CCO1. The second-order valence-corrected chi connectivity index (χ2v) is 7.92. The van der Waals surface area contributed by atoms with Crippen molar-refractivity contribution in [1.82, 2.24) is 9.80 Å². The number of morpholine rings is 1. The van der Waals surface area contributed by atoms with Gasteiger partial charge in [-0.1, -0.05) is 31.0 Å². The Bertz CT molecular complexity index is 752. The van der Waals surface area contributed by atoms with E-state index >= 15 is 0 Å². The van der Waals surface area contributed by atoms with E-state index in [-0.39, 0.29) is 31.0 Å². The van der Waals surface area contributed by atoms with Crippen LogP contribution in [-0.2, 0) is 14.3 Å². The van der Waals surface area contributed by atoms with Crippen LogP contribution in [0.4, 0.5) is 0 Å². The summed E-state index contributed by atoms with van der Waals surface area (Å²) in [6.45, 7) is 0.601. The molecule has 1 saturated carbocycles. The number of carboxylic acids is 1. The lowest BCUT2D eigenvalue weighted by molar-refractivity contribution is -0.160. The molecule has 1 aliphatic carbocycles. The van der Waals surface area contributed by atoms with E-state index in [1.165, 1.54) is 0 Å². The highest BCUT2D eigenvalue weighted by Crippen LogP contribution is 2.41. The fourth-order valence-corrected chi connectivity index (χ4v) is 4.91. The van der Waals surface area contributed by atoms with Crippen molar-refractivity contribution in [3.63, 3.8) is 0 Å². The van der Waals surface area contributed by atoms with E-state index in [2.05, 4.69) is 0 Å². The molecule has 150 valence electrons. The van der Waals surface area contributed by atoms with Gasteiger partial charge in [-0.25, -0.2) is 4.79 Å². The van der Waals surface area contributed by atoms with Gasteiger partial charge in [-0.15, -0.1) is 0 Å². The Morgan fingerprint density at radius 3 is 2.57 bits per heavy atom. The third-order valence-corrected chi connectivity index (χ3v) is 6.28. The van der Waals surface area contributed by atoms with Crippen LogP contribution < -0.4 is 0 Å². The molecule has 0 spiro atoms. The van der Waals surface area contributed by atoms with Crippen molar-refractivity contribution < 1.29 is 24.2 Å². The monoisotopic (exact) mass is 386 g/mol. The third-order valence-electron chi connectivity index (χ3n) is 6.28. The van der Waals surface area contributed by atoms with Crippen LogP contribution in [0.25, 0.3) is 0 Å². The maximum Gasteiger partial charge on any atom is 0.334 e. The molecule has 0 aromatic heterocycles. The first-order chi connectivity index (χ1) is 13.6. The average molecular weight is 386 g/mol. The van der Waals surface area contributed by atoms with Crippen molar-refractivity contribution in [3.05, 3.63) is 35.9 Å². The zero-order chi connectivity index (χ0) is 19.7. The van der Waals surface area contributed by atoms with E-state index in [9.17, 15) is 19.5 Å². The Kier molecular flexibility index (Phi) is 5.35. The van der Waals surface area contributed by atoms with Crippen LogP contribution in [0, 0.1) is 5.92 Å². The first-order valence-corrected chi connectivity index (χ1v) is 10.1. The fourth-order valence-electron chi connectivity index (χ4n) is 4.91. The lowest BCUT2D eigenvalue weighted by atomic mass is 9.84. The van der Waals surface area contributed by atoms with Gasteiger partial charge in [-0.05, 0) is 37.3 Å². The van der Waals surface area contributed by atoms with Crippen molar-refractivity contribution in [2.45, 2.75) is 50.3 Å². The second-order valence-electron chi connectivity index (χ2n) is 7.92. The molecule has 2 amide bonds. The van der Waals surface area contributed by atoms with Gasteiger partial charge in [0.2, 0.25) is 5.91 Å². The molecule has 0 bridgehead atoms. The van der Waals surface area contributed by atoms with Crippen molar-refractivity contribution in [2.24, 2.45) is 5.92 Å². The Labute approximate surface area is 164 Å². The minimum atomic E-state index is -1.06. The van der Waals surface area contributed by atoms with Crippen LogP contribution in [0.2, 0.25) is 0 Å². The molecule has 3 fully saturated rings. The molecule has 2 aliphatic heterocycles. The van der Waals surface area contributed by atoms with Crippen LogP contribution in [0.5, 0.6) is 0 Å². The zero-order valence-electron chi connectivity index (χ0n) is 15.8. The number of nitrogens with zero attached hydrogens (tertiary/aromatic N) is 2. The number of carboxylic acid groups (broad SMARTS) is 1. The predicted molar refractivity (Wildman–Crippen MR) is 101 cm³/mol. The predicted octanol–water partition coefficient (Wildman–Crippen LogP) is 1.77. The largest absolute Gasteiger partial charge is 0.479 e. The number of ether oxygens (including phenoxy) is 1. The quantitative estimate of drug-likeness (QED) is 0.856. The lowest BCUT2D eigenvalue weighted by Crippen LogP contribution is -2.55. The van der Waals surface area contributed by atoms with E-state index < -0.39 is 18.1 Å². The van der Waals surface area contributed by atoms with Gasteiger partial charge < -0.3 is 19.6 Å². The van der Waals surface area contributed by atoms with Crippen LogP contribution in [0.3, 0.4) is 0 Å². The molecule has 1 aromatic rings. The molecule has 4 unspecified atom stereocenters. The highest BCUT2D eigenvalue weighted by Gasteiger charge is 2.49. The van der Waals surface area contributed by atoms with E-state index in [0.717, 1.165) is 25.7 Å². The highest BCUT2D eigenvalue weighted by atomic mass is 16.5. The molecular weight excluding hydrogens is 360 g/mol. The molecule has 4 atom stereocenters. The minimum Gasteiger partial charge on any atom is -0.479 e. The van der Waals surface area contributed by atoms with Crippen molar-refractivity contribution >= 4 is 17.8 Å². The molecule has 2 saturated heterocycles. The number of rotatable bonds is 3. The number of carbonyl (C=O) groups excluding carboxylic acids is 2. The molecule has 28 heavy (non-hydrogen) atoms. The van der Waals surface area contributed by atoms with Crippen molar-refractivity contribution in [3.8, 4) is 0 Å². The highest BCUT2D eigenvalue weighted by molar-refractivity contribution is 5.98. The fraction of sp³-hybridized carbons (Fsp3) is 0.571. The van der Waals surface area contributed by atoms with Crippen LogP contribution in [0.15, 0.2) is 30.3 Å². The maximum absolute atomic E-state index is 13.3. The van der Waals surface area contributed by atoms with Crippen molar-refractivity contribution in [2.75, 3.05) is 19.7 Å². The molecule has 1 N–H and O–H groups in total. The summed E-state index contributed by atoms with van der Waals surface area (Å²) < 4.78 is 5.25. The van der Waals surface area contributed by atoms with Gasteiger partial charge >= 0.3 is 5.97 Å². The van der Waals surface area contributed by atoms with Crippen LogP contribution >= 0.6 is 0 Å². The molecule has 4 rings (SSSR count). The molecule has 7 nitrogen and oxygen atoms in total. The summed E-state index contributed by atoms with van der Waals surface area (Å²) in [5.41, 5.74) is 0.594. The number of aliphatic carboxylic acids is 1. The number of carbonyl (C=O) groups is 3. The van der Waals surface area contributed by atoms with Gasteiger partial charge in [-0.2, -0.15) is 0 Å². The number of fused-ring (bicyclic) bond motifs is 1. The number of likely N-dealkylation sites (tertiary alicyclic amines) is 1. The summed E-state index contributed by atoms with van der Waals surface area (Å²) in [7, 11) is 0. The summed E-state index contributed by atoms with van der Waals surface area (Å²) in [6, 6.07) is 8.67. The number of hydrogen-bond acceptors (Lipinski definition) is 4. The van der Waals surface area contributed by atoms with Crippen LogP contribution in [0.1, 0.15) is 42.5 Å². The topological polar surface area (TPSA) is 87.2 Å². The summed E-state index contributed by atoms with van der Waals surface area (Å²) in [5.74, 6) is -0.967. The van der Waals surface area contributed by atoms with Gasteiger partial charge in [0.15, 0.2) is 6.10 Å². The van der Waals surface area contributed by atoms with E-state index in [1.54, 1.807) is 21.9 Å². The van der Waals surface area contributed by atoms with Gasteiger partial charge in [0.25, 0.3) is 5.91 Å². The normalized spacial score (nSPS) is 30.0. The van der Waals surface area contributed by atoms with Crippen LogP contribution in [-0.4, -0.2) is 70.6 Å². The van der Waals surface area contributed by atoms with Crippen molar-refractivity contribution in [1.29, 1.82) is 0 Å². The second kappa shape index (κ2) is 7.91. The Balaban J connectivity index is 1.59. The molecule has 0 radical (unpaired) electrons. The first kappa shape index (κ1) is 18.9. The smallest absolute Gasteiger partial charge is 0.334 e. The number of benzene rings is 1. The molecule has 3 aliphatic rings. The Morgan fingerprint density at radius 2 is 1.82 bits per heavy atom. The molecule has 2 heterocycles. The minimum absolute atomic E-state index is 0.0351. The van der Waals surface area contributed by atoms with Gasteiger partial charge in [0, 0.05) is 18.2 Å². The molecular formula is C21H26N2O5. The summed E-state index contributed by atoms with van der Waals surface area (Å²) in [6.07, 6.45) is 3.83. The van der Waals surface area contributed by atoms with E-state index in [1.807, 2.05) is 18.2 Å². The van der Waals surface area contributed by atoms with Gasteiger partial charge in [-0.3, -0.25) is 9.59 Å². The maximum atomic E-state index is 13.3. The average Bonchev–Trinajstić information content (AvgIpc) is 3.13. The van der Waals surface area contributed by atoms with E-state index in [0.29, 0.717) is 24.4 Å². The molecule has 7 heteroatoms. The lowest BCUT2D eigenvalue weighted by Gasteiger charge is -2.37. The number of hydrogen-bond donors (Lipinski definition) is 1. The molecule has 1 aromatic carbocycles. The Hall–Kier alpha value is -2.41. The summed E-state index contributed by atoms with van der Waals surface area (Å²) in [5, 5.41) is 9.23. The standard InChI is InChI=1S/C21H26N2O5/c24-19(14-6-2-1-3-7-14)23-16-9-5-4-8-15(16)12-17(23)20(25)22-10-11-28-18(13-22)21(26)27/h1-3,6-7,15-18H,4-5,8-13H2,(H,26,27).